The van der Waals surface area contributed by atoms with Crippen LogP contribution in [-0.2, 0) is 4.79 Å². The molecule has 0 fully saturated rings. The highest BCUT2D eigenvalue weighted by molar-refractivity contribution is 5.82. The van der Waals surface area contributed by atoms with Gasteiger partial charge in [-0.15, -0.1) is 0 Å². The number of carbonyl (C=O) groups is 1. The molecule has 0 aliphatic rings. The fourth-order valence-electron chi connectivity index (χ4n) is 1.20. The lowest BCUT2D eigenvalue weighted by Gasteiger charge is -2.19. The summed E-state index contributed by atoms with van der Waals surface area (Å²) in [5.41, 5.74) is 6.68. The van der Waals surface area contributed by atoms with E-state index in [9.17, 15) is 4.79 Å². The average molecular weight is 192 g/mol. The van der Waals surface area contributed by atoms with Gasteiger partial charge in [-0.05, 0) is 12.5 Å². The molecule has 3 nitrogen and oxygen atoms in total. The van der Waals surface area contributed by atoms with Gasteiger partial charge in [-0.3, -0.25) is 4.79 Å². The van der Waals surface area contributed by atoms with E-state index in [0.717, 1.165) is 5.56 Å². The zero-order valence-corrected chi connectivity index (χ0v) is 8.60. The number of hydrogen-bond donors (Lipinski definition) is 1. The molecule has 0 bridgehead atoms. The Labute approximate surface area is 84.5 Å². The Morgan fingerprint density at radius 2 is 2.00 bits per heavy atom. The maximum atomic E-state index is 11.7. The van der Waals surface area contributed by atoms with E-state index in [-0.39, 0.29) is 5.91 Å². The Bertz CT molecular complexity index is 297. The van der Waals surface area contributed by atoms with Gasteiger partial charge in [-0.25, -0.2) is 0 Å². The van der Waals surface area contributed by atoms with Crippen LogP contribution in [0.3, 0.4) is 0 Å². The number of rotatable bonds is 3. The number of hydrogen-bond acceptors (Lipinski definition) is 2. The van der Waals surface area contributed by atoms with E-state index in [4.69, 9.17) is 5.73 Å². The summed E-state index contributed by atoms with van der Waals surface area (Å²) in [5.74, 6) is -0.0429. The molecule has 2 N–H and O–H groups in total. The SMILES string of the molecule is CCN(C)C(=O)[C@H](N)c1ccccc1. The number of carbonyl (C=O) groups excluding carboxylic acids is 1. The minimum Gasteiger partial charge on any atom is -0.344 e. The molecule has 0 radical (unpaired) electrons. The second kappa shape index (κ2) is 4.77. The van der Waals surface area contributed by atoms with Gasteiger partial charge >= 0.3 is 0 Å². The normalized spacial score (nSPS) is 12.2. The van der Waals surface area contributed by atoms with Crippen LogP contribution in [0.2, 0.25) is 0 Å². The number of amides is 1. The van der Waals surface area contributed by atoms with Crippen LogP contribution in [0.5, 0.6) is 0 Å². The van der Waals surface area contributed by atoms with Crippen LogP contribution < -0.4 is 5.73 Å². The van der Waals surface area contributed by atoms with Crippen LogP contribution in [0.15, 0.2) is 30.3 Å². The Kier molecular flexibility index (Phi) is 3.65. The first-order valence-electron chi connectivity index (χ1n) is 4.72. The van der Waals surface area contributed by atoms with E-state index < -0.39 is 6.04 Å². The second-order valence-electron chi connectivity index (χ2n) is 3.24. The van der Waals surface area contributed by atoms with Crippen molar-refractivity contribution in [2.45, 2.75) is 13.0 Å². The smallest absolute Gasteiger partial charge is 0.243 e. The van der Waals surface area contributed by atoms with Crippen molar-refractivity contribution in [1.82, 2.24) is 4.90 Å². The molecule has 0 spiro atoms. The molecule has 0 unspecified atom stereocenters. The monoisotopic (exact) mass is 192 g/mol. The lowest BCUT2D eigenvalue weighted by molar-refractivity contribution is -0.131. The number of nitrogens with zero attached hydrogens (tertiary/aromatic N) is 1. The summed E-state index contributed by atoms with van der Waals surface area (Å²) in [6.07, 6.45) is 0. The summed E-state index contributed by atoms with van der Waals surface area (Å²) in [6, 6.07) is 8.87. The van der Waals surface area contributed by atoms with Gasteiger partial charge in [-0.2, -0.15) is 0 Å². The quantitative estimate of drug-likeness (QED) is 0.781. The van der Waals surface area contributed by atoms with Crippen molar-refractivity contribution in [2.24, 2.45) is 5.73 Å². The fourth-order valence-corrected chi connectivity index (χ4v) is 1.20. The summed E-state index contributed by atoms with van der Waals surface area (Å²) in [4.78, 5) is 13.3. The van der Waals surface area contributed by atoms with Gasteiger partial charge in [0.25, 0.3) is 0 Å². The van der Waals surface area contributed by atoms with Crippen molar-refractivity contribution < 1.29 is 4.79 Å². The minimum atomic E-state index is -0.541. The lowest BCUT2D eigenvalue weighted by Crippen LogP contribution is -2.35. The highest BCUT2D eigenvalue weighted by Gasteiger charge is 2.17. The number of benzene rings is 1. The molecule has 0 aromatic heterocycles. The van der Waals surface area contributed by atoms with E-state index in [0.29, 0.717) is 6.54 Å². The molecule has 0 saturated heterocycles. The summed E-state index contributed by atoms with van der Waals surface area (Å²) in [7, 11) is 1.76. The Morgan fingerprint density at radius 1 is 1.43 bits per heavy atom. The highest BCUT2D eigenvalue weighted by atomic mass is 16.2. The van der Waals surface area contributed by atoms with Crippen molar-refractivity contribution in [3.63, 3.8) is 0 Å². The first-order valence-corrected chi connectivity index (χ1v) is 4.72. The predicted molar refractivity (Wildman–Crippen MR) is 56.7 cm³/mol. The molecular formula is C11H16N2O. The molecular weight excluding hydrogens is 176 g/mol. The van der Waals surface area contributed by atoms with Crippen LogP contribution >= 0.6 is 0 Å². The van der Waals surface area contributed by atoms with Crippen molar-refractivity contribution in [3.8, 4) is 0 Å². The van der Waals surface area contributed by atoms with Gasteiger partial charge < -0.3 is 10.6 Å². The predicted octanol–water partition coefficient (Wildman–Crippen LogP) is 1.16. The van der Waals surface area contributed by atoms with E-state index in [1.54, 1.807) is 11.9 Å². The minimum absolute atomic E-state index is 0.0429. The molecule has 14 heavy (non-hydrogen) atoms. The van der Waals surface area contributed by atoms with E-state index in [2.05, 4.69) is 0 Å². The third-order valence-corrected chi connectivity index (χ3v) is 2.28. The lowest BCUT2D eigenvalue weighted by atomic mass is 10.1. The summed E-state index contributed by atoms with van der Waals surface area (Å²) in [6.45, 7) is 2.61. The van der Waals surface area contributed by atoms with Gasteiger partial charge in [-0.1, -0.05) is 30.3 Å². The van der Waals surface area contributed by atoms with Gasteiger partial charge in [0.15, 0.2) is 0 Å². The highest BCUT2D eigenvalue weighted by Crippen LogP contribution is 2.11. The first-order chi connectivity index (χ1) is 6.66. The van der Waals surface area contributed by atoms with Crippen molar-refractivity contribution in [2.75, 3.05) is 13.6 Å². The molecule has 1 atom stereocenters. The first kappa shape index (κ1) is 10.7. The van der Waals surface area contributed by atoms with Gasteiger partial charge in [0.1, 0.15) is 6.04 Å². The molecule has 0 heterocycles. The third kappa shape index (κ3) is 2.33. The maximum absolute atomic E-state index is 11.7. The van der Waals surface area contributed by atoms with Gasteiger partial charge in [0.05, 0.1) is 0 Å². The molecule has 3 heteroatoms. The molecule has 0 saturated carbocycles. The average Bonchev–Trinajstić information content (AvgIpc) is 2.27. The van der Waals surface area contributed by atoms with Crippen LogP contribution in [0.4, 0.5) is 0 Å². The van der Waals surface area contributed by atoms with Crippen molar-refractivity contribution in [3.05, 3.63) is 35.9 Å². The number of likely N-dealkylation sites (N-methyl/N-ethyl adjacent to an activating group) is 1. The molecule has 0 aliphatic carbocycles. The van der Waals surface area contributed by atoms with Crippen LogP contribution in [0, 0.1) is 0 Å². The summed E-state index contributed by atoms with van der Waals surface area (Å²) >= 11 is 0. The number of nitrogens with two attached hydrogens (primary N) is 1. The Balaban J connectivity index is 2.76. The topological polar surface area (TPSA) is 46.3 Å². The van der Waals surface area contributed by atoms with E-state index in [1.165, 1.54) is 0 Å². The maximum Gasteiger partial charge on any atom is 0.243 e. The largest absolute Gasteiger partial charge is 0.344 e. The van der Waals surface area contributed by atoms with Gasteiger partial charge in [0, 0.05) is 13.6 Å². The van der Waals surface area contributed by atoms with Crippen molar-refractivity contribution >= 4 is 5.91 Å². The van der Waals surface area contributed by atoms with Crippen molar-refractivity contribution in [1.29, 1.82) is 0 Å². The second-order valence-corrected chi connectivity index (χ2v) is 3.24. The fraction of sp³-hybridized carbons (Fsp3) is 0.364. The van der Waals surface area contributed by atoms with Gasteiger partial charge in [0.2, 0.25) is 5.91 Å². The van der Waals surface area contributed by atoms with Crippen LogP contribution in [0.1, 0.15) is 18.5 Å². The molecule has 76 valence electrons. The zero-order valence-electron chi connectivity index (χ0n) is 8.60. The zero-order chi connectivity index (χ0) is 10.6. The summed E-state index contributed by atoms with van der Waals surface area (Å²) in [5, 5.41) is 0. The Morgan fingerprint density at radius 3 is 2.50 bits per heavy atom. The Hall–Kier alpha value is -1.35. The standard InChI is InChI=1S/C11H16N2O/c1-3-13(2)11(14)10(12)9-7-5-4-6-8-9/h4-8,10H,3,12H2,1-2H3/t10-/m1/s1. The third-order valence-electron chi connectivity index (χ3n) is 2.28. The van der Waals surface area contributed by atoms with E-state index >= 15 is 0 Å². The van der Waals surface area contributed by atoms with E-state index in [1.807, 2.05) is 37.3 Å². The molecule has 1 amide bonds. The molecule has 1 rings (SSSR count). The molecule has 0 aliphatic heterocycles. The van der Waals surface area contributed by atoms with Crippen LogP contribution in [0.25, 0.3) is 0 Å². The summed E-state index contributed by atoms with van der Waals surface area (Å²) < 4.78 is 0. The molecule has 1 aromatic rings. The molecule has 1 aromatic carbocycles. The van der Waals surface area contributed by atoms with Crippen LogP contribution in [-0.4, -0.2) is 24.4 Å².